The fourth-order valence-corrected chi connectivity index (χ4v) is 3.79. The molecule has 0 spiro atoms. The molecule has 68 valence electrons. The molecule has 0 N–H and O–H groups in total. The Kier molecular flexibility index (Phi) is 5.08. The molecule has 0 aliphatic heterocycles. The summed E-state index contributed by atoms with van der Waals surface area (Å²) in [6.07, 6.45) is 0. The van der Waals surface area contributed by atoms with Gasteiger partial charge in [-0.3, -0.25) is 0 Å². The van der Waals surface area contributed by atoms with Crippen LogP contribution in [0.2, 0.25) is 0 Å². The molecule has 0 unspecified atom stereocenters. The highest BCUT2D eigenvalue weighted by atomic mass is 31.1. The summed E-state index contributed by atoms with van der Waals surface area (Å²) in [6.45, 7) is 13.5. The first-order valence-corrected chi connectivity index (χ1v) is 6.13. The summed E-state index contributed by atoms with van der Waals surface area (Å²) in [5, 5.41) is 0. The van der Waals surface area contributed by atoms with Gasteiger partial charge < -0.3 is 4.74 Å². The zero-order valence-corrected chi connectivity index (χ0v) is 9.68. The van der Waals surface area contributed by atoms with Crippen molar-refractivity contribution < 1.29 is 0 Å². The van der Waals surface area contributed by atoms with Crippen LogP contribution in [0.4, 0.5) is 0 Å². The van der Waals surface area contributed by atoms with Gasteiger partial charge >= 0.3 is 0 Å². The van der Waals surface area contributed by atoms with Gasteiger partial charge in [0.2, 0.25) is 0 Å². The summed E-state index contributed by atoms with van der Waals surface area (Å²) in [6, 6.07) is 0.522. The van der Waals surface area contributed by atoms with E-state index in [-0.39, 0.29) is 0 Å². The van der Waals surface area contributed by atoms with Crippen LogP contribution < -0.4 is 0 Å². The van der Waals surface area contributed by atoms with Crippen molar-refractivity contribution in [2.45, 2.75) is 58.9 Å². The van der Waals surface area contributed by atoms with Crippen molar-refractivity contribution in [2.24, 2.45) is 4.74 Å². The molecule has 0 aliphatic rings. The third kappa shape index (κ3) is 4.63. The van der Waals surface area contributed by atoms with Gasteiger partial charge in [-0.05, 0) is 32.9 Å². The highest BCUT2D eigenvalue weighted by Gasteiger charge is 2.07. The Labute approximate surface area is 72.1 Å². The number of nitrogens with zero attached hydrogens (tertiary/aromatic N) is 1. The van der Waals surface area contributed by atoms with Gasteiger partial charge in [0.25, 0.3) is 0 Å². The van der Waals surface area contributed by atoms with E-state index in [2.05, 4.69) is 41.5 Å². The predicted octanol–water partition coefficient (Wildman–Crippen LogP) is 3.61. The van der Waals surface area contributed by atoms with E-state index in [1.54, 1.807) is 0 Å². The van der Waals surface area contributed by atoms with Crippen molar-refractivity contribution in [1.29, 1.82) is 0 Å². The summed E-state index contributed by atoms with van der Waals surface area (Å²) in [4.78, 5) is 0. The minimum absolute atomic E-state index is 0.453. The Morgan fingerprint density at radius 1 is 0.818 bits per heavy atom. The first-order chi connectivity index (χ1) is 4.95. The molecule has 11 heavy (non-hydrogen) atoms. The van der Waals surface area contributed by atoms with Gasteiger partial charge in [0.1, 0.15) is 0 Å². The maximum Gasteiger partial charge on any atom is 0.0425 e. The van der Waals surface area contributed by atoms with E-state index in [9.17, 15) is 0 Å². The van der Waals surface area contributed by atoms with E-state index < -0.39 is 7.71 Å². The Balaban J connectivity index is 4.33. The Morgan fingerprint density at radius 2 is 1.18 bits per heavy atom. The molecule has 0 aromatic carbocycles. The average molecular weight is 175 g/mol. The quantitative estimate of drug-likeness (QED) is 0.581. The Morgan fingerprint density at radius 3 is 1.27 bits per heavy atom. The molecule has 0 bridgehead atoms. The molecule has 0 aliphatic carbocycles. The van der Waals surface area contributed by atoms with E-state index in [1.807, 2.05) is 0 Å². The van der Waals surface area contributed by atoms with Crippen molar-refractivity contribution in [2.75, 3.05) is 0 Å². The molecule has 0 saturated heterocycles. The molecule has 0 aromatic rings. The van der Waals surface area contributed by atoms with Crippen LogP contribution >= 0.6 is 7.71 Å². The molecule has 0 atom stereocenters. The maximum absolute atomic E-state index is 4.78. The van der Waals surface area contributed by atoms with Crippen molar-refractivity contribution >= 4 is 7.71 Å². The molecule has 0 aromatic heterocycles. The summed E-state index contributed by atoms with van der Waals surface area (Å²) in [5.74, 6) is 0. The molecule has 0 rings (SSSR count). The van der Waals surface area contributed by atoms with E-state index >= 15 is 0 Å². The largest absolute Gasteiger partial charge is 0.303 e. The highest BCUT2D eigenvalue weighted by Crippen LogP contribution is 2.37. The van der Waals surface area contributed by atoms with Gasteiger partial charge in [0.15, 0.2) is 0 Å². The fourth-order valence-electron chi connectivity index (χ4n) is 1.26. The summed E-state index contributed by atoms with van der Waals surface area (Å²) in [5.41, 5.74) is 1.56. The van der Waals surface area contributed by atoms with E-state index in [4.69, 9.17) is 4.74 Å². The molecule has 1 nitrogen and oxygen atoms in total. The molecule has 0 fully saturated rings. The predicted molar refractivity (Wildman–Crippen MR) is 56.2 cm³/mol. The molecular formula is C9H22NP. The lowest BCUT2D eigenvalue weighted by Gasteiger charge is -2.16. The number of hydrogen-bond acceptors (Lipinski definition) is 1. The van der Waals surface area contributed by atoms with Crippen LogP contribution in [0, 0.1) is 0 Å². The molecular weight excluding hydrogens is 153 g/mol. The van der Waals surface area contributed by atoms with E-state index in [1.165, 1.54) is 0 Å². The van der Waals surface area contributed by atoms with Crippen LogP contribution in [0.5, 0.6) is 0 Å². The van der Waals surface area contributed by atoms with Crippen molar-refractivity contribution in [3.63, 3.8) is 0 Å². The Bertz CT molecular complexity index is 126. The fraction of sp³-hybridized carbons (Fsp3) is 1.00. The number of hydrogen-bond donors (Lipinski definition) is 0. The van der Waals surface area contributed by atoms with Gasteiger partial charge in [0, 0.05) is 6.04 Å². The van der Waals surface area contributed by atoms with E-state index in [0.717, 1.165) is 11.3 Å². The summed E-state index contributed by atoms with van der Waals surface area (Å²) in [7, 11) is -0.453. The van der Waals surface area contributed by atoms with Crippen LogP contribution in [-0.2, 0) is 0 Å². The van der Waals surface area contributed by atoms with Crippen molar-refractivity contribution in [3.8, 4) is 0 Å². The minimum Gasteiger partial charge on any atom is -0.303 e. The molecule has 0 radical (unpaired) electrons. The first kappa shape index (κ1) is 11.2. The lowest BCUT2D eigenvalue weighted by Crippen LogP contribution is -1.99. The maximum atomic E-state index is 4.78. The minimum atomic E-state index is -0.453. The lowest BCUT2D eigenvalue weighted by molar-refractivity contribution is 0.837. The topological polar surface area (TPSA) is 12.4 Å². The van der Waals surface area contributed by atoms with Crippen LogP contribution in [0.1, 0.15) is 41.5 Å². The second-order valence-electron chi connectivity index (χ2n) is 3.96. The monoisotopic (exact) mass is 175 g/mol. The SMILES string of the molecule is CC(C)N=[PH](C(C)C)C(C)C. The zero-order chi connectivity index (χ0) is 9.02. The molecule has 0 amide bonds. The highest BCUT2D eigenvalue weighted by molar-refractivity contribution is 7.48. The van der Waals surface area contributed by atoms with Gasteiger partial charge in [-0.15, -0.1) is 0 Å². The lowest BCUT2D eigenvalue weighted by atomic mass is 10.4. The van der Waals surface area contributed by atoms with Crippen LogP contribution in [0.3, 0.4) is 0 Å². The normalized spacial score (nSPS) is 12.2. The van der Waals surface area contributed by atoms with Crippen molar-refractivity contribution in [3.05, 3.63) is 0 Å². The molecule has 0 saturated carbocycles. The van der Waals surface area contributed by atoms with Crippen LogP contribution in [-0.4, -0.2) is 17.4 Å². The van der Waals surface area contributed by atoms with Crippen LogP contribution in [0.15, 0.2) is 4.74 Å². The second-order valence-corrected chi connectivity index (χ2v) is 7.37. The van der Waals surface area contributed by atoms with E-state index in [0.29, 0.717) is 6.04 Å². The third-order valence-corrected chi connectivity index (χ3v) is 4.77. The van der Waals surface area contributed by atoms with Crippen LogP contribution in [0.25, 0.3) is 0 Å². The van der Waals surface area contributed by atoms with Gasteiger partial charge in [-0.25, -0.2) is 0 Å². The first-order valence-electron chi connectivity index (χ1n) is 4.52. The smallest absolute Gasteiger partial charge is 0.0425 e. The summed E-state index contributed by atoms with van der Waals surface area (Å²) >= 11 is 0. The zero-order valence-electron chi connectivity index (χ0n) is 8.68. The average Bonchev–Trinajstić information content (AvgIpc) is 1.81. The van der Waals surface area contributed by atoms with Gasteiger partial charge in [0.05, 0.1) is 0 Å². The summed E-state index contributed by atoms with van der Waals surface area (Å²) < 4.78 is 4.78. The molecule has 0 heterocycles. The standard InChI is InChI=1S/C9H22NP/c1-7(2)10-11(8(3)4)9(5)6/h7-9,11H,1-6H3. The number of rotatable bonds is 3. The molecule has 2 heteroatoms. The Hall–Kier alpha value is 0.230. The van der Waals surface area contributed by atoms with Crippen molar-refractivity contribution in [1.82, 2.24) is 0 Å². The second kappa shape index (κ2) is 4.98. The third-order valence-electron chi connectivity index (χ3n) is 1.59. The van der Waals surface area contributed by atoms with Gasteiger partial charge in [-0.2, -0.15) is 0 Å². The van der Waals surface area contributed by atoms with Gasteiger partial charge in [-0.1, -0.05) is 27.7 Å².